The molecule has 2 aromatic rings. The summed E-state index contributed by atoms with van der Waals surface area (Å²) in [5, 5.41) is 0. The maximum Gasteiger partial charge on any atom is 0.271 e. The fourth-order valence-electron chi connectivity index (χ4n) is 3.00. The van der Waals surface area contributed by atoms with Crippen molar-refractivity contribution in [3.05, 3.63) is 64.6 Å². The van der Waals surface area contributed by atoms with Crippen molar-refractivity contribution in [2.45, 2.75) is 33.1 Å². The molecule has 2 aromatic carbocycles. The Morgan fingerprint density at radius 1 is 1.19 bits per heavy atom. The van der Waals surface area contributed by atoms with Gasteiger partial charge in [0.2, 0.25) is 0 Å². The number of ether oxygens (including phenoxy) is 1. The molecule has 5 heteroatoms. The lowest BCUT2D eigenvalue weighted by Gasteiger charge is -2.15. The van der Waals surface area contributed by atoms with Crippen molar-refractivity contribution in [2.75, 3.05) is 12.0 Å². The molecule has 3 nitrogen and oxygen atoms in total. The average molecular weight is 398 g/mol. The number of unbranched alkanes of at least 4 members (excludes halogenated alkanes) is 1. The molecule has 27 heavy (non-hydrogen) atoms. The van der Waals surface area contributed by atoms with Crippen LogP contribution in [0.1, 0.15) is 37.8 Å². The number of carbonyl (C=O) groups is 1. The molecule has 1 heterocycles. The first kappa shape index (κ1) is 19.6. The molecule has 0 spiro atoms. The summed E-state index contributed by atoms with van der Waals surface area (Å²) in [7, 11) is 1.64. The number of nitrogens with zero attached hydrogens (tertiary/aromatic N) is 1. The fraction of sp³-hybridized carbons (Fsp3) is 0.273. The van der Waals surface area contributed by atoms with Gasteiger partial charge in [-0.3, -0.25) is 9.69 Å². The highest BCUT2D eigenvalue weighted by molar-refractivity contribution is 8.27. The van der Waals surface area contributed by atoms with Crippen LogP contribution in [0.15, 0.2) is 53.4 Å². The molecular formula is C22H23NO2S2. The average Bonchev–Trinajstić information content (AvgIpc) is 3.00. The third kappa shape index (κ3) is 4.25. The fourth-order valence-corrected chi connectivity index (χ4v) is 4.34. The standard InChI is InChI=1S/C22H23NO2S2/c1-4-5-7-16-10-12-18(13-11-16)23-21(24)20(27-22(23)26)15(2)17-8-6-9-19(14-17)25-3/h6,8-14H,4-5,7H2,1-3H3/b20-15-. The second-order valence-electron chi connectivity index (χ2n) is 6.46. The van der Waals surface area contributed by atoms with Gasteiger partial charge in [0.05, 0.1) is 17.7 Å². The van der Waals surface area contributed by atoms with E-state index < -0.39 is 0 Å². The SMILES string of the molecule is CCCCc1ccc(N2C(=O)/C(=C(\C)c3cccc(OC)c3)SC2=S)cc1. The molecule has 1 fully saturated rings. The number of thioether (sulfide) groups is 1. The Morgan fingerprint density at radius 3 is 2.59 bits per heavy atom. The normalized spacial score (nSPS) is 16.0. The van der Waals surface area contributed by atoms with Gasteiger partial charge < -0.3 is 4.74 Å². The lowest BCUT2D eigenvalue weighted by Crippen LogP contribution is -2.27. The predicted molar refractivity (Wildman–Crippen MR) is 118 cm³/mol. The van der Waals surface area contributed by atoms with Gasteiger partial charge in [0.1, 0.15) is 5.75 Å². The second kappa shape index (κ2) is 8.72. The molecule has 0 bridgehead atoms. The van der Waals surface area contributed by atoms with E-state index in [0.717, 1.165) is 29.0 Å². The summed E-state index contributed by atoms with van der Waals surface area (Å²) in [4.78, 5) is 15.4. The Morgan fingerprint density at radius 2 is 1.93 bits per heavy atom. The van der Waals surface area contributed by atoms with Crippen LogP contribution in [0, 0.1) is 0 Å². The van der Waals surface area contributed by atoms with Crippen LogP contribution in [-0.4, -0.2) is 17.3 Å². The van der Waals surface area contributed by atoms with Gasteiger partial charge in [-0.25, -0.2) is 0 Å². The number of anilines is 1. The molecule has 0 radical (unpaired) electrons. The summed E-state index contributed by atoms with van der Waals surface area (Å²) in [6, 6.07) is 15.9. The quantitative estimate of drug-likeness (QED) is 0.453. The summed E-state index contributed by atoms with van der Waals surface area (Å²) >= 11 is 6.86. The van der Waals surface area contributed by atoms with Crippen molar-refractivity contribution < 1.29 is 9.53 Å². The molecule has 0 atom stereocenters. The molecule has 0 aromatic heterocycles. The number of allylic oxidation sites excluding steroid dienone is 1. The molecule has 140 valence electrons. The van der Waals surface area contributed by atoms with E-state index in [1.807, 2.05) is 43.3 Å². The number of benzene rings is 2. The topological polar surface area (TPSA) is 29.5 Å². The number of amides is 1. The van der Waals surface area contributed by atoms with Gasteiger partial charge >= 0.3 is 0 Å². The first-order chi connectivity index (χ1) is 13.0. The van der Waals surface area contributed by atoms with Crippen LogP contribution in [0.25, 0.3) is 5.57 Å². The molecule has 1 saturated heterocycles. The maximum atomic E-state index is 13.1. The zero-order chi connectivity index (χ0) is 19.4. The summed E-state index contributed by atoms with van der Waals surface area (Å²) in [6.45, 7) is 4.14. The van der Waals surface area contributed by atoms with Gasteiger partial charge in [0.25, 0.3) is 5.91 Å². The van der Waals surface area contributed by atoms with Crippen LogP contribution in [0.3, 0.4) is 0 Å². The number of hydrogen-bond donors (Lipinski definition) is 0. The minimum absolute atomic E-state index is 0.0633. The van der Waals surface area contributed by atoms with Crippen LogP contribution < -0.4 is 9.64 Å². The van der Waals surface area contributed by atoms with Crippen molar-refractivity contribution in [1.82, 2.24) is 0 Å². The molecule has 0 N–H and O–H groups in total. The maximum absolute atomic E-state index is 13.1. The molecule has 1 aliphatic rings. The zero-order valence-electron chi connectivity index (χ0n) is 15.8. The van der Waals surface area contributed by atoms with Crippen molar-refractivity contribution in [3.8, 4) is 5.75 Å². The molecule has 1 aliphatic heterocycles. The first-order valence-corrected chi connectivity index (χ1v) is 10.3. The van der Waals surface area contributed by atoms with Gasteiger partial charge in [-0.05, 0) is 60.7 Å². The Labute approximate surface area is 170 Å². The van der Waals surface area contributed by atoms with Crippen molar-refractivity contribution >= 4 is 45.5 Å². The van der Waals surface area contributed by atoms with Gasteiger partial charge in [-0.15, -0.1) is 0 Å². The van der Waals surface area contributed by atoms with Crippen LogP contribution in [0.5, 0.6) is 5.75 Å². The van der Waals surface area contributed by atoms with Gasteiger partial charge in [-0.2, -0.15) is 0 Å². The Bertz CT molecular complexity index is 887. The predicted octanol–water partition coefficient (Wildman–Crippen LogP) is 5.83. The number of methoxy groups -OCH3 is 1. The van der Waals surface area contributed by atoms with E-state index in [2.05, 4.69) is 19.1 Å². The minimum atomic E-state index is -0.0633. The number of rotatable bonds is 6. The van der Waals surface area contributed by atoms with Crippen molar-refractivity contribution in [2.24, 2.45) is 0 Å². The number of hydrogen-bond acceptors (Lipinski definition) is 4. The zero-order valence-corrected chi connectivity index (χ0v) is 17.5. The van der Waals surface area contributed by atoms with Crippen LogP contribution >= 0.6 is 24.0 Å². The number of aryl methyl sites for hydroxylation is 1. The largest absolute Gasteiger partial charge is 0.497 e. The van der Waals surface area contributed by atoms with Crippen LogP contribution in [0.4, 0.5) is 5.69 Å². The Kier molecular flexibility index (Phi) is 6.34. The highest BCUT2D eigenvalue weighted by Crippen LogP contribution is 2.39. The third-order valence-electron chi connectivity index (χ3n) is 4.63. The number of carbonyl (C=O) groups excluding carboxylic acids is 1. The van der Waals surface area contributed by atoms with E-state index in [4.69, 9.17) is 17.0 Å². The lowest BCUT2D eigenvalue weighted by atomic mass is 10.1. The summed E-state index contributed by atoms with van der Waals surface area (Å²) in [5.41, 5.74) is 3.98. The molecule has 0 unspecified atom stereocenters. The van der Waals surface area contributed by atoms with Crippen LogP contribution in [0.2, 0.25) is 0 Å². The Balaban J connectivity index is 1.88. The molecule has 0 aliphatic carbocycles. The van der Waals surface area contributed by atoms with E-state index in [1.54, 1.807) is 12.0 Å². The second-order valence-corrected chi connectivity index (χ2v) is 8.11. The van der Waals surface area contributed by atoms with E-state index in [-0.39, 0.29) is 5.91 Å². The molecular weight excluding hydrogens is 374 g/mol. The third-order valence-corrected chi connectivity index (χ3v) is 6.10. The first-order valence-electron chi connectivity index (χ1n) is 9.05. The van der Waals surface area contributed by atoms with Crippen molar-refractivity contribution in [1.29, 1.82) is 0 Å². The van der Waals surface area contributed by atoms with Gasteiger partial charge in [0.15, 0.2) is 4.32 Å². The van der Waals surface area contributed by atoms with E-state index >= 15 is 0 Å². The highest BCUT2D eigenvalue weighted by atomic mass is 32.2. The van der Waals surface area contributed by atoms with Gasteiger partial charge in [-0.1, -0.05) is 61.6 Å². The molecule has 0 saturated carbocycles. The molecule has 3 rings (SSSR count). The van der Waals surface area contributed by atoms with E-state index in [9.17, 15) is 4.79 Å². The van der Waals surface area contributed by atoms with Crippen molar-refractivity contribution in [3.63, 3.8) is 0 Å². The van der Waals surface area contributed by atoms with Crippen LogP contribution in [-0.2, 0) is 11.2 Å². The smallest absolute Gasteiger partial charge is 0.271 e. The number of thiocarbonyl (C=S) groups is 1. The lowest BCUT2D eigenvalue weighted by molar-refractivity contribution is -0.113. The highest BCUT2D eigenvalue weighted by Gasteiger charge is 2.34. The summed E-state index contributed by atoms with van der Waals surface area (Å²) < 4.78 is 5.86. The van der Waals surface area contributed by atoms with Gasteiger partial charge in [0, 0.05) is 0 Å². The Hall–Kier alpha value is -2.11. The summed E-state index contributed by atoms with van der Waals surface area (Å²) in [6.07, 6.45) is 3.40. The van der Waals surface area contributed by atoms with E-state index in [1.165, 1.54) is 30.2 Å². The van der Waals surface area contributed by atoms with E-state index in [0.29, 0.717) is 9.23 Å². The minimum Gasteiger partial charge on any atom is -0.497 e. The molecule has 1 amide bonds. The summed E-state index contributed by atoms with van der Waals surface area (Å²) in [5.74, 6) is 0.705. The monoisotopic (exact) mass is 397 g/mol.